The Kier molecular flexibility index (Phi) is 9.62. The van der Waals surface area contributed by atoms with Crippen molar-refractivity contribution in [2.75, 3.05) is 31.5 Å². The zero-order chi connectivity index (χ0) is 36.6. The number of nitrogens with two attached hydrogens (primary N) is 1. The summed E-state index contributed by atoms with van der Waals surface area (Å²) in [6, 6.07) is 13.7. The number of esters is 1. The van der Waals surface area contributed by atoms with E-state index in [0.717, 1.165) is 40.5 Å². The third-order valence-corrected chi connectivity index (χ3v) is 10.2. The normalized spacial score (nSPS) is 17.4. The Morgan fingerprint density at radius 3 is 2.58 bits per heavy atom. The van der Waals surface area contributed by atoms with Gasteiger partial charge < -0.3 is 41.4 Å². The highest BCUT2D eigenvalue weighted by molar-refractivity contribution is 6.01. The molecular weight excluding hydrogens is 666 g/mol. The summed E-state index contributed by atoms with van der Waals surface area (Å²) in [6.07, 6.45) is 2.56. The van der Waals surface area contributed by atoms with Crippen molar-refractivity contribution in [2.45, 2.75) is 63.8 Å². The SMILES string of the molecule is CC[C@@]1(O)C(=O)OCc2c1cc1n(c2=O)Cc2c-1nc1ccc(NC(=O)CNC(=O)[C@H](Cc3ccccc3)NC(=O)CNCCN)c3c1c2CCC3. The molecule has 270 valence electrons. The highest BCUT2D eigenvalue weighted by Crippen LogP contribution is 2.43. The van der Waals surface area contributed by atoms with Gasteiger partial charge in [-0.25, -0.2) is 9.78 Å². The first-order valence-electron chi connectivity index (χ1n) is 17.6. The quantitative estimate of drug-likeness (QED) is 0.0798. The van der Waals surface area contributed by atoms with E-state index in [1.54, 1.807) is 23.6 Å². The van der Waals surface area contributed by atoms with Crippen LogP contribution < -0.4 is 32.6 Å². The number of cyclic esters (lactones) is 1. The number of carbonyl (C=O) groups excluding carboxylic acids is 4. The largest absolute Gasteiger partial charge is 0.458 e. The number of anilines is 1. The van der Waals surface area contributed by atoms with Crippen LogP contribution in [0.2, 0.25) is 0 Å². The molecule has 7 N–H and O–H groups in total. The number of nitrogens with one attached hydrogen (secondary N) is 4. The maximum absolute atomic E-state index is 13.7. The summed E-state index contributed by atoms with van der Waals surface area (Å²) < 4.78 is 6.84. The Morgan fingerprint density at radius 2 is 1.81 bits per heavy atom. The van der Waals surface area contributed by atoms with Crippen molar-refractivity contribution in [3.05, 3.63) is 92.3 Å². The van der Waals surface area contributed by atoms with E-state index in [1.165, 1.54) is 0 Å². The molecule has 3 amide bonds. The van der Waals surface area contributed by atoms with Gasteiger partial charge in [0.15, 0.2) is 5.60 Å². The van der Waals surface area contributed by atoms with Crippen LogP contribution in [0.3, 0.4) is 0 Å². The molecule has 1 aliphatic carbocycles. The summed E-state index contributed by atoms with van der Waals surface area (Å²) >= 11 is 0. The molecule has 2 atom stereocenters. The van der Waals surface area contributed by atoms with Crippen molar-refractivity contribution in [1.29, 1.82) is 0 Å². The number of aryl methyl sites for hydroxylation is 2. The highest BCUT2D eigenvalue weighted by atomic mass is 16.6. The van der Waals surface area contributed by atoms with Gasteiger partial charge in [0, 0.05) is 41.7 Å². The number of nitrogens with zero attached hydrogens (tertiary/aromatic N) is 2. The molecule has 0 bridgehead atoms. The third kappa shape index (κ3) is 6.33. The fourth-order valence-corrected chi connectivity index (χ4v) is 7.53. The monoisotopic (exact) mass is 707 g/mol. The first-order valence-corrected chi connectivity index (χ1v) is 17.6. The van der Waals surface area contributed by atoms with Crippen molar-refractivity contribution in [2.24, 2.45) is 5.73 Å². The first-order chi connectivity index (χ1) is 25.1. The van der Waals surface area contributed by atoms with Gasteiger partial charge in [0.1, 0.15) is 12.6 Å². The molecule has 0 fully saturated rings. The number of hydrogen-bond acceptors (Lipinski definition) is 10. The molecule has 4 aromatic rings. The summed E-state index contributed by atoms with van der Waals surface area (Å²) in [7, 11) is 0. The summed E-state index contributed by atoms with van der Waals surface area (Å²) in [5.74, 6) is -2.04. The number of pyridine rings is 2. The van der Waals surface area contributed by atoms with E-state index in [0.29, 0.717) is 48.6 Å². The lowest BCUT2D eigenvalue weighted by Gasteiger charge is -2.31. The van der Waals surface area contributed by atoms with Crippen LogP contribution >= 0.6 is 0 Å². The van der Waals surface area contributed by atoms with Gasteiger partial charge in [-0.2, -0.15) is 0 Å². The molecule has 4 heterocycles. The molecule has 2 aliphatic heterocycles. The minimum Gasteiger partial charge on any atom is -0.458 e. The molecular formula is C38H41N7O7. The fourth-order valence-electron chi connectivity index (χ4n) is 7.53. The number of fused-ring (bicyclic) bond motifs is 5. The minimum atomic E-state index is -1.91. The predicted octanol–water partition coefficient (Wildman–Crippen LogP) is 0.899. The average molecular weight is 708 g/mol. The molecule has 0 unspecified atom stereocenters. The summed E-state index contributed by atoms with van der Waals surface area (Å²) in [4.78, 5) is 70.4. The molecule has 14 nitrogen and oxygen atoms in total. The number of benzene rings is 2. The van der Waals surface area contributed by atoms with E-state index < -0.39 is 29.4 Å². The summed E-state index contributed by atoms with van der Waals surface area (Å²) in [5.41, 5.74) is 10.0. The fraction of sp³-hybridized carbons (Fsp3) is 0.368. The zero-order valence-electron chi connectivity index (χ0n) is 28.8. The van der Waals surface area contributed by atoms with Gasteiger partial charge >= 0.3 is 5.97 Å². The van der Waals surface area contributed by atoms with E-state index in [1.807, 2.05) is 36.4 Å². The van der Waals surface area contributed by atoms with Crippen LogP contribution in [0.15, 0.2) is 53.3 Å². The van der Waals surface area contributed by atoms with Gasteiger partial charge in [-0.05, 0) is 60.6 Å². The number of carbonyl (C=O) groups is 4. The topological polar surface area (TPSA) is 207 Å². The van der Waals surface area contributed by atoms with Gasteiger partial charge in [-0.3, -0.25) is 19.2 Å². The van der Waals surface area contributed by atoms with E-state index in [4.69, 9.17) is 15.5 Å². The highest BCUT2D eigenvalue weighted by Gasteiger charge is 2.45. The smallest absolute Gasteiger partial charge is 0.343 e. The number of hydrogen-bond donors (Lipinski definition) is 6. The number of rotatable bonds is 12. The lowest BCUT2D eigenvalue weighted by Crippen LogP contribution is -2.51. The summed E-state index contributed by atoms with van der Waals surface area (Å²) in [5, 5.41) is 23.5. The van der Waals surface area contributed by atoms with E-state index in [9.17, 15) is 29.1 Å². The van der Waals surface area contributed by atoms with Crippen LogP contribution in [-0.4, -0.2) is 70.6 Å². The second-order valence-corrected chi connectivity index (χ2v) is 13.4. The molecule has 52 heavy (non-hydrogen) atoms. The van der Waals surface area contributed by atoms with Crippen molar-refractivity contribution in [3.8, 4) is 11.4 Å². The molecule has 14 heteroatoms. The van der Waals surface area contributed by atoms with Crippen LogP contribution in [-0.2, 0) is 61.9 Å². The molecule has 0 saturated carbocycles. The standard InChI is InChI=1S/C38H41N7O7/c1-2-38(51)26-16-30-34-24(19-45(30)36(49)25(26)20-52-37(38)50)22-9-6-10-23-27(11-12-28(44-34)33(22)23)42-32(47)18-41-35(48)29(15-21-7-4-3-5-8-21)43-31(46)17-40-14-13-39/h3-5,7-8,11-12,16,29,40,51H,2,6,9-10,13-15,17-20,39H2,1H3,(H,41,48)(H,42,47)(H,43,46)/t29-,38-/m0/s1. The lowest BCUT2D eigenvalue weighted by atomic mass is 9.85. The predicted molar refractivity (Wildman–Crippen MR) is 192 cm³/mol. The molecule has 0 radical (unpaired) electrons. The Bertz CT molecular complexity index is 2170. The Labute approximate surface area is 299 Å². The van der Waals surface area contributed by atoms with Crippen molar-refractivity contribution in [1.82, 2.24) is 25.5 Å². The van der Waals surface area contributed by atoms with Gasteiger partial charge in [0.2, 0.25) is 17.7 Å². The van der Waals surface area contributed by atoms with Crippen LogP contribution in [0, 0.1) is 0 Å². The maximum Gasteiger partial charge on any atom is 0.343 e. The van der Waals surface area contributed by atoms with Crippen molar-refractivity contribution < 1.29 is 29.0 Å². The van der Waals surface area contributed by atoms with Gasteiger partial charge in [-0.1, -0.05) is 37.3 Å². The van der Waals surface area contributed by atoms with Crippen LogP contribution in [0.5, 0.6) is 0 Å². The number of ether oxygens (including phenoxy) is 1. The lowest BCUT2D eigenvalue weighted by molar-refractivity contribution is -0.172. The van der Waals surface area contributed by atoms with E-state index >= 15 is 0 Å². The van der Waals surface area contributed by atoms with Gasteiger partial charge in [0.25, 0.3) is 5.56 Å². The average Bonchev–Trinajstić information content (AvgIpc) is 3.53. The van der Waals surface area contributed by atoms with E-state index in [-0.39, 0.29) is 55.1 Å². The third-order valence-electron chi connectivity index (χ3n) is 10.2. The zero-order valence-corrected chi connectivity index (χ0v) is 28.8. The minimum absolute atomic E-state index is 0.00410. The van der Waals surface area contributed by atoms with Gasteiger partial charge in [-0.15, -0.1) is 0 Å². The molecule has 0 spiro atoms. The van der Waals surface area contributed by atoms with Crippen LogP contribution in [0.4, 0.5) is 5.69 Å². The first kappa shape index (κ1) is 35.0. The number of amides is 3. The Balaban J connectivity index is 1.11. The van der Waals surface area contributed by atoms with Gasteiger partial charge in [0.05, 0.1) is 42.1 Å². The molecule has 7 rings (SSSR count). The molecule has 2 aromatic heterocycles. The Morgan fingerprint density at radius 1 is 1.02 bits per heavy atom. The molecule has 3 aliphatic rings. The Hall–Kier alpha value is -5.44. The number of aliphatic hydroxyl groups is 1. The van der Waals surface area contributed by atoms with E-state index in [2.05, 4.69) is 21.3 Å². The second kappa shape index (κ2) is 14.3. The number of aromatic nitrogens is 2. The van der Waals surface area contributed by atoms with Crippen LogP contribution in [0.1, 0.15) is 53.1 Å². The second-order valence-electron chi connectivity index (χ2n) is 13.4. The molecule has 2 aromatic carbocycles. The maximum atomic E-state index is 13.7. The summed E-state index contributed by atoms with van der Waals surface area (Å²) in [6.45, 7) is 2.29. The van der Waals surface area contributed by atoms with Crippen molar-refractivity contribution >= 4 is 40.3 Å². The molecule has 0 saturated heterocycles. The van der Waals surface area contributed by atoms with Crippen LogP contribution in [0.25, 0.3) is 22.3 Å². The van der Waals surface area contributed by atoms with Crippen molar-refractivity contribution in [3.63, 3.8) is 0 Å².